The van der Waals surface area contributed by atoms with Gasteiger partial charge in [0.05, 0.1) is 10.8 Å². The molecule has 0 fully saturated rings. The van der Waals surface area contributed by atoms with Crippen LogP contribution in [0, 0.1) is 0 Å². The van der Waals surface area contributed by atoms with Crippen LogP contribution in [0.15, 0.2) is 267 Å². The fourth-order valence-electron chi connectivity index (χ4n) is 14.9. The Morgan fingerprint density at radius 3 is 0.932 bits per heavy atom. The molecule has 14 rings (SSSR count). The Labute approximate surface area is 523 Å². The van der Waals surface area contributed by atoms with Crippen LogP contribution in [0.4, 0.5) is 0 Å². The highest BCUT2D eigenvalue weighted by atomic mass is 14.6. The van der Waals surface area contributed by atoms with Crippen LogP contribution in [0.5, 0.6) is 0 Å². The Kier molecular flexibility index (Phi) is 13.4. The molecular formula is C88H80. The van der Waals surface area contributed by atoms with Crippen LogP contribution < -0.4 is 0 Å². The molecule has 0 heterocycles. The van der Waals surface area contributed by atoms with Gasteiger partial charge in [-0.25, -0.2) is 0 Å². The summed E-state index contributed by atoms with van der Waals surface area (Å²) in [6.07, 6.45) is 0. The monoisotopic (exact) mass is 1140 g/mol. The van der Waals surface area contributed by atoms with Gasteiger partial charge in [-0.1, -0.05) is 338 Å². The molecule has 0 N–H and O–H groups in total. The molecule has 2 aliphatic carbocycles. The molecule has 88 heavy (non-hydrogen) atoms. The van der Waals surface area contributed by atoms with Gasteiger partial charge in [-0.15, -0.1) is 0 Å². The molecule has 0 saturated carbocycles. The highest BCUT2D eigenvalue weighted by Gasteiger charge is 2.56. The van der Waals surface area contributed by atoms with Crippen molar-refractivity contribution in [3.8, 4) is 66.8 Å². The number of hydrogen-bond donors (Lipinski definition) is 0. The fourth-order valence-corrected chi connectivity index (χ4v) is 14.9. The SMILES string of the molecule is CC(C)(C)c1ccc(C2(c3ccc(C(C)(C)C)cc3)c3cc(-c4ccc(-c5ccccc5)cc4)ccc3-c3ccc4c(c32)C(c2ccc(C(C)(C)C)cc2)(c2ccc(C(C)(C)C)cc2)c2cc(-c3ccc(-c5ccccc5)cc3)c3ccccc3c2-4)cc1. The molecule has 12 aromatic rings. The summed E-state index contributed by atoms with van der Waals surface area (Å²) >= 11 is 0. The van der Waals surface area contributed by atoms with E-state index in [2.05, 4.69) is 350 Å². The van der Waals surface area contributed by atoms with E-state index >= 15 is 0 Å². The Balaban J connectivity index is 1.15. The summed E-state index contributed by atoms with van der Waals surface area (Å²) in [6, 6.07) is 104. The third-order valence-corrected chi connectivity index (χ3v) is 19.8. The third-order valence-electron chi connectivity index (χ3n) is 19.8. The average Bonchev–Trinajstić information content (AvgIpc) is 1.48. The van der Waals surface area contributed by atoms with Gasteiger partial charge in [0.25, 0.3) is 0 Å². The first kappa shape index (κ1) is 56.7. The van der Waals surface area contributed by atoms with Crippen LogP contribution >= 0.6 is 0 Å². The average molecular weight is 1140 g/mol. The van der Waals surface area contributed by atoms with E-state index in [1.807, 2.05) is 0 Å². The summed E-state index contributed by atoms with van der Waals surface area (Å²) in [6.45, 7) is 28.0. The maximum absolute atomic E-state index is 2.62. The topological polar surface area (TPSA) is 0 Å². The third kappa shape index (κ3) is 9.16. The van der Waals surface area contributed by atoms with Gasteiger partial charge < -0.3 is 0 Å². The second-order valence-electron chi connectivity index (χ2n) is 29.3. The van der Waals surface area contributed by atoms with Crippen molar-refractivity contribution in [3.05, 3.63) is 334 Å². The molecule has 0 saturated heterocycles. The number of benzene rings is 12. The number of hydrogen-bond acceptors (Lipinski definition) is 0. The minimum atomic E-state index is -0.828. The summed E-state index contributed by atoms with van der Waals surface area (Å²) < 4.78 is 0. The van der Waals surface area contributed by atoms with E-state index in [0.29, 0.717) is 0 Å². The molecule has 0 bridgehead atoms. The quantitative estimate of drug-likeness (QED) is 0.142. The summed E-state index contributed by atoms with van der Waals surface area (Å²) in [4.78, 5) is 0. The molecule has 0 aliphatic heterocycles. The van der Waals surface area contributed by atoms with Crippen LogP contribution in [0.25, 0.3) is 77.5 Å². The molecular weight excluding hydrogens is 1060 g/mol. The molecule has 0 aromatic heterocycles. The minimum absolute atomic E-state index is 0.0538. The van der Waals surface area contributed by atoms with E-state index in [0.717, 1.165) is 0 Å². The Morgan fingerprint density at radius 1 is 0.216 bits per heavy atom. The lowest BCUT2D eigenvalue weighted by Crippen LogP contribution is -2.36. The van der Waals surface area contributed by atoms with Gasteiger partial charge in [0.15, 0.2) is 0 Å². The lowest BCUT2D eigenvalue weighted by molar-refractivity contribution is 0.587. The zero-order valence-corrected chi connectivity index (χ0v) is 53.4. The van der Waals surface area contributed by atoms with Gasteiger partial charge in [0.2, 0.25) is 0 Å². The van der Waals surface area contributed by atoms with Crippen LogP contribution in [0.3, 0.4) is 0 Å². The molecule has 0 nitrogen and oxygen atoms in total. The number of fused-ring (bicyclic) bond motifs is 9. The van der Waals surface area contributed by atoms with Crippen molar-refractivity contribution in [3.63, 3.8) is 0 Å². The predicted molar refractivity (Wildman–Crippen MR) is 375 cm³/mol. The minimum Gasteiger partial charge on any atom is -0.0622 e. The molecule has 0 spiro atoms. The first-order valence-corrected chi connectivity index (χ1v) is 31.8. The van der Waals surface area contributed by atoms with Gasteiger partial charge in [-0.2, -0.15) is 0 Å². The van der Waals surface area contributed by atoms with Crippen LogP contribution in [0.1, 0.15) is 150 Å². The molecule has 0 radical (unpaired) electrons. The first-order chi connectivity index (χ1) is 42.1. The smallest absolute Gasteiger partial charge is 0.0622 e. The van der Waals surface area contributed by atoms with E-state index in [1.165, 1.54) is 144 Å². The normalized spacial score (nSPS) is 14.1. The van der Waals surface area contributed by atoms with Crippen molar-refractivity contribution in [1.29, 1.82) is 0 Å². The van der Waals surface area contributed by atoms with Gasteiger partial charge in [0.1, 0.15) is 0 Å². The molecule has 0 amide bonds. The summed E-state index contributed by atoms with van der Waals surface area (Å²) in [5, 5.41) is 2.50. The van der Waals surface area contributed by atoms with Gasteiger partial charge in [0, 0.05) is 0 Å². The Bertz CT molecular complexity index is 4470. The van der Waals surface area contributed by atoms with Crippen LogP contribution in [-0.2, 0) is 32.5 Å². The standard InChI is InChI=1S/C88H80/c1-83(2,3)64-36-44-68(45-37-64)87(69-46-38-65(39-47-69)84(4,5)6)78-55-63(61-29-27-59(28-30-61)57-21-15-13-16-22-57)35-52-73(78)75-53-54-76-80-74-26-20-19-25-72(74)77(62-33-31-60(32-34-62)58-23-17-14-18-24-58)56-79(80)88(82(76)81(75)87,70-48-40-66(41-49-70)85(7,8)9)71-50-42-67(43-51-71)86(10,11)12/h13-56H,1-12H3. The van der Waals surface area contributed by atoms with Gasteiger partial charge >= 0.3 is 0 Å². The molecule has 432 valence electrons. The Hall–Kier alpha value is -9.10. The van der Waals surface area contributed by atoms with Crippen molar-refractivity contribution in [1.82, 2.24) is 0 Å². The van der Waals surface area contributed by atoms with Crippen molar-refractivity contribution >= 4 is 10.8 Å². The van der Waals surface area contributed by atoms with E-state index in [1.54, 1.807) is 0 Å². The van der Waals surface area contributed by atoms with Crippen LogP contribution in [0.2, 0.25) is 0 Å². The highest BCUT2D eigenvalue weighted by molar-refractivity contribution is 6.11. The van der Waals surface area contributed by atoms with E-state index in [9.17, 15) is 0 Å². The van der Waals surface area contributed by atoms with Crippen molar-refractivity contribution < 1.29 is 0 Å². The molecule has 12 aromatic carbocycles. The predicted octanol–water partition coefficient (Wildman–Crippen LogP) is 23.4. The van der Waals surface area contributed by atoms with E-state index in [4.69, 9.17) is 0 Å². The second kappa shape index (κ2) is 20.8. The van der Waals surface area contributed by atoms with Gasteiger partial charge in [-0.05, 0) is 178 Å². The summed E-state index contributed by atoms with van der Waals surface area (Å²) in [5.41, 5.74) is 28.5. The lowest BCUT2D eigenvalue weighted by atomic mass is 9.59. The molecule has 2 aliphatic rings. The van der Waals surface area contributed by atoms with Crippen LogP contribution in [-0.4, -0.2) is 0 Å². The zero-order chi connectivity index (χ0) is 61.1. The largest absolute Gasteiger partial charge is 0.0717 e. The van der Waals surface area contributed by atoms with E-state index < -0.39 is 10.8 Å². The summed E-state index contributed by atoms with van der Waals surface area (Å²) in [5.74, 6) is 0. The van der Waals surface area contributed by atoms with Crippen molar-refractivity contribution in [2.75, 3.05) is 0 Å². The maximum atomic E-state index is 2.62. The van der Waals surface area contributed by atoms with Gasteiger partial charge in [-0.3, -0.25) is 0 Å². The lowest BCUT2D eigenvalue weighted by Gasteiger charge is -2.41. The first-order valence-electron chi connectivity index (χ1n) is 31.8. The summed E-state index contributed by atoms with van der Waals surface area (Å²) in [7, 11) is 0. The number of rotatable bonds is 8. The fraction of sp³-hybridized carbons (Fsp3) is 0.205. The van der Waals surface area contributed by atoms with Crippen molar-refractivity contribution in [2.24, 2.45) is 0 Å². The molecule has 0 heteroatoms. The second-order valence-corrected chi connectivity index (χ2v) is 29.3. The molecule has 0 atom stereocenters. The van der Waals surface area contributed by atoms with Crippen molar-refractivity contribution in [2.45, 2.75) is 116 Å². The van der Waals surface area contributed by atoms with E-state index in [-0.39, 0.29) is 21.7 Å². The highest BCUT2D eigenvalue weighted by Crippen LogP contribution is 2.67. The Morgan fingerprint density at radius 2 is 0.523 bits per heavy atom. The zero-order valence-electron chi connectivity index (χ0n) is 53.4. The molecule has 0 unspecified atom stereocenters. The maximum Gasteiger partial charge on any atom is 0.0717 e.